The number of hydrogen-bond donors (Lipinski definition) is 3. The number of hydrogen-bond acceptors (Lipinski definition) is 5. The SMILES string of the molecule is CCNC(=NCC(CCO)CC(C)C)NCC(c1ccc(C)o1)N1CCOCC1.I. The standard InChI is InChI=1S/C22H40N4O3.HI/c1-5-23-22(24-15-19(8-11-27)14-17(2)3)25-16-20(21-7-6-18(4)29-21)26-9-12-28-13-10-26;/h6-7,17,19-20,27H,5,8-16H2,1-4H3,(H2,23,24,25);1H. The summed E-state index contributed by atoms with van der Waals surface area (Å²) >= 11 is 0. The summed E-state index contributed by atoms with van der Waals surface area (Å²) in [6, 6.07) is 4.23. The van der Waals surface area contributed by atoms with E-state index in [1.807, 2.05) is 13.0 Å². The maximum Gasteiger partial charge on any atom is 0.191 e. The summed E-state index contributed by atoms with van der Waals surface area (Å²) in [5, 5.41) is 16.2. The molecule has 0 radical (unpaired) electrons. The van der Waals surface area contributed by atoms with Crippen molar-refractivity contribution in [1.82, 2.24) is 15.5 Å². The van der Waals surface area contributed by atoms with Gasteiger partial charge in [-0.05, 0) is 50.7 Å². The fraction of sp³-hybridized carbons (Fsp3) is 0.773. The summed E-state index contributed by atoms with van der Waals surface area (Å²) in [6.45, 7) is 14.2. The van der Waals surface area contributed by atoms with E-state index in [9.17, 15) is 5.11 Å². The molecule has 2 rings (SSSR count). The predicted octanol–water partition coefficient (Wildman–Crippen LogP) is 3.18. The minimum atomic E-state index is 0. The van der Waals surface area contributed by atoms with Gasteiger partial charge in [-0.15, -0.1) is 24.0 Å². The van der Waals surface area contributed by atoms with Crippen molar-refractivity contribution in [3.05, 3.63) is 23.7 Å². The Labute approximate surface area is 199 Å². The summed E-state index contributed by atoms with van der Waals surface area (Å²) in [7, 11) is 0. The van der Waals surface area contributed by atoms with Gasteiger partial charge in [0.15, 0.2) is 5.96 Å². The van der Waals surface area contributed by atoms with Gasteiger partial charge in [0.25, 0.3) is 0 Å². The van der Waals surface area contributed by atoms with Gasteiger partial charge in [0, 0.05) is 39.3 Å². The molecular weight excluding hydrogens is 495 g/mol. The number of aliphatic hydroxyl groups is 1. The molecule has 0 aromatic carbocycles. The second-order valence-corrected chi connectivity index (χ2v) is 8.22. The molecule has 0 spiro atoms. The minimum Gasteiger partial charge on any atom is -0.465 e. The fourth-order valence-electron chi connectivity index (χ4n) is 3.82. The van der Waals surface area contributed by atoms with Crippen molar-refractivity contribution < 1.29 is 14.3 Å². The largest absolute Gasteiger partial charge is 0.465 e. The maximum absolute atomic E-state index is 9.36. The zero-order valence-corrected chi connectivity index (χ0v) is 21.4. The average Bonchev–Trinajstić information content (AvgIpc) is 3.12. The van der Waals surface area contributed by atoms with E-state index in [0.29, 0.717) is 18.4 Å². The number of aryl methyl sites for hydroxylation is 1. The third-order valence-electron chi connectivity index (χ3n) is 5.23. The Hall–Kier alpha value is -0.840. The number of aliphatic hydroxyl groups excluding tert-OH is 1. The van der Waals surface area contributed by atoms with E-state index in [4.69, 9.17) is 14.1 Å². The van der Waals surface area contributed by atoms with Crippen molar-refractivity contribution in [2.45, 2.75) is 46.6 Å². The van der Waals surface area contributed by atoms with Crippen molar-refractivity contribution in [2.75, 3.05) is 52.5 Å². The molecule has 1 aliphatic heterocycles. The van der Waals surface area contributed by atoms with E-state index >= 15 is 0 Å². The van der Waals surface area contributed by atoms with Gasteiger partial charge < -0.3 is 24.9 Å². The van der Waals surface area contributed by atoms with Gasteiger partial charge in [-0.2, -0.15) is 0 Å². The van der Waals surface area contributed by atoms with Crippen LogP contribution in [0.1, 0.15) is 51.2 Å². The molecule has 1 fully saturated rings. The van der Waals surface area contributed by atoms with Crippen LogP contribution in [0.4, 0.5) is 0 Å². The molecule has 0 saturated carbocycles. The van der Waals surface area contributed by atoms with Crippen molar-refractivity contribution in [3.63, 3.8) is 0 Å². The van der Waals surface area contributed by atoms with Gasteiger partial charge >= 0.3 is 0 Å². The van der Waals surface area contributed by atoms with E-state index in [1.54, 1.807) is 0 Å². The van der Waals surface area contributed by atoms with E-state index in [1.165, 1.54) is 0 Å². The van der Waals surface area contributed by atoms with Crippen molar-refractivity contribution in [3.8, 4) is 0 Å². The Kier molecular flexibility index (Phi) is 13.6. The van der Waals surface area contributed by atoms with Gasteiger partial charge in [0.2, 0.25) is 0 Å². The van der Waals surface area contributed by atoms with Crippen LogP contribution in [0.3, 0.4) is 0 Å². The molecule has 0 bridgehead atoms. The van der Waals surface area contributed by atoms with E-state index in [2.05, 4.69) is 42.4 Å². The highest BCUT2D eigenvalue weighted by Gasteiger charge is 2.25. The predicted molar refractivity (Wildman–Crippen MR) is 133 cm³/mol. The molecule has 174 valence electrons. The highest BCUT2D eigenvalue weighted by atomic mass is 127. The van der Waals surface area contributed by atoms with Crippen LogP contribution in [0.5, 0.6) is 0 Å². The number of furan rings is 1. The first-order chi connectivity index (χ1) is 14.0. The average molecular weight is 536 g/mol. The zero-order valence-electron chi connectivity index (χ0n) is 19.0. The first-order valence-corrected chi connectivity index (χ1v) is 11.0. The minimum absolute atomic E-state index is 0. The normalized spacial score (nSPS) is 17.5. The number of rotatable bonds is 11. The summed E-state index contributed by atoms with van der Waals surface area (Å²) in [6.07, 6.45) is 1.87. The Morgan fingerprint density at radius 2 is 1.97 bits per heavy atom. The molecule has 1 aromatic heterocycles. The van der Waals surface area contributed by atoms with Crippen LogP contribution in [-0.2, 0) is 4.74 Å². The molecule has 8 heteroatoms. The second kappa shape index (κ2) is 15.0. The Morgan fingerprint density at radius 1 is 1.23 bits per heavy atom. The molecule has 2 atom stereocenters. The van der Waals surface area contributed by atoms with Crippen LogP contribution in [0.25, 0.3) is 0 Å². The number of aliphatic imine (C=N–C) groups is 1. The topological polar surface area (TPSA) is 82.3 Å². The molecule has 3 N–H and O–H groups in total. The maximum atomic E-state index is 9.36. The molecule has 30 heavy (non-hydrogen) atoms. The molecule has 7 nitrogen and oxygen atoms in total. The van der Waals surface area contributed by atoms with E-state index < -0.39 is 0 Å². The quantitative estimate of drug-likeness (QED) is 0.229. The number of morpholine rings is 1. The van der Waals surface area contributed by atoms with Crippen molar-refractivity contribution in [2.24, 2.45) is 16.8 Å². The van der Waals surface area contributed by atoms with Crippen LogP contribution in [0, 0.1) is 18.8 Å². The number of ether oxygens (including phenoxy) is 1. The van der Waals surface area contributed by atoms with Crippen LogP contribution in [0.15, 0.2) is 21.5 Å². The first kappa shape index (κ1) is 27.2. The highest BCUT2D eigenvalue weighted by Crippen LogP contribution is 2.23. The lowest BCUT2D eigenvalue weighted by Gasteiger charge is -2.33. The summed E-state index contributed by atoms with van der Waals surface area (Å²) in [5.74, 6) is 3.73. The second-order valence-electron chi connectivity index (χ2n) is 8.22. The van der Waals surface area contributed by atoms with Gasteiger partial charge in [0.1, 0.15) is 11.5 Å². The molecule has 2 unspecified atom stereocenters. The molecule has 0 aliphatic carbocycles. The lowest BCUT2D eigenvalue weighted by molar-refractivity contribution is 0.0124. The van der Waals surface area contributed by atoms with Crippen molar-refractivity contribution in [1.29, 1.82) is 0 Å². The van der Waals surface area contributed by atoms with Gasteiger partial charge in [-0.3, -0.25) is 9.89 Å². The Bertz CT molecular complexity index is 603. The summed E-state index contributed by atoms with van der Waals surface area (Å²) in [5.41, 5.74) is 0. The van der Waals surface area contributed by atoms with E-state index in [-0.39, 0.29) is 36.6 Å². The molecule has 1 saturated heterocycles. The Morgan fingerprint density at radius 3 is 2.53 bits per heavy atom. The van der Waals surface area contributed by atoms with Gasteiger partial charge in [0.05, 0.1) is 19.3 Å². The van der Waals surface area contributed by atoms with Crippen LogP contribution in [-0.4, -0.2) is 68.5 Å². The number of nitrogens with one attached hydrogen (secondary N) is 2. The zero-order chi connectivity index (χ0) is 21.1. The fourth-order valence-corrected chi connectivity index (χ4v) is 3.82. The lowest BCUT2D eigenvalue weighted by atomic mass is 9.94. The smallest absolute Gasteiger partial charge is 0.191 e. The van der Waals surface area contributed by atoms with Gasteiger partial charge in [-0.1, -0.05) is 13.8 Å². The number of halogens is 1. The van der Waals surface area contributed by atoms with E-state index in [0.717, 1.165) is 69.7 Å². The summed E-state index contributed by atoms with van der Waals surface area (Å²) < 4.78 is 11.5. The first-order valence-electron chi connectivity index (χ1n) is 11.0. The molecule has 1 aromatic rings. The van der Waals surface area contributed by atoms with Gasteiger partial charge in [-0.25, -0.2) is 0 Å². The highest BCUT2D eigenvalue weighted by molar-refractivity contribution is 14.0. The molecule has 0 amide bonds. The molecule has 1 aliphatic rings. The summed E-state index contributed by atoms with van der Waals surface area (Å²) in [4.78, 5) is 7.22. The Balaban J connectivity index is 0.00000450. The number of guanidine groups is 1. The van der Waals surface area contributed by atoms with Crippen LogP contribution < -0.4 is 10.6 Å². The third-order valence-corrected chi connectivity index (χ3v) is 5.23. The number of nitrogens with zero attached hydrogens (tertiary/aromatic N) is 2. The molecule has 2 heterocycles. The van der Waals surface area contributed by atoms with Crippen molar-refractivity contribution >= 4 is 29.9 Å². The lowest BCUT2D eigenvalue weighted by Crippen LogP contribution is -2.46. The third kappa shape index (κ3) is 9.53. The monoisotopic (exact) mass is 536 g/mol. The van der Waals surface area contributed by atoms with Crippen LogP contribution >= 0.6 is 24.0 Å². The van der Waals surface area contributed by atoms with Crippen LogP contribution in [0.2, 0.25) is 0 Å². The molecular formula is C22H41IN4O3.